The van der Waals surface area contributed by atoms with Crippen molar-refractivity contribution >= 4 is 41.5 Å². The van der Waals surface area contributed by atoms with E-state index in [9.17, 15) is 0 Å². The van der Waals surface area contributed by atoms with Crippen molar-refractivity contribution in [2.75, 3.05) is 59.7 Å². The maximum absolute atomic E-state index is 6.39. The molecule has 1 spiro atoms. The predicted octanol–water partition coefficient (Wildman–Crippen LogP) is 4.09. The number of aliphatic imine (C=N–C) groups is 1. The molecule has 3 aliphatic heterocycles. The topological polar surface area (TPSA) is 55.3 Å². The lowest BCUT2D eigenvalue weighted by Crippen LogP contribution is -2.43. The molecule has 3 fully saturated rings. The molecule has 0 aromatic heterocycles. The summed E-state index contributed by atoms with van der Waals surface area (Å²) in [5.74, 6) is 1.89. The van der Waals surface area contributed by atoms with Crippen molar-refractivity contribution in [3.05, 3.63) is 28.8 Å². The van der Waals surface area contributed by atoms with Gasteiger partial charge in [-0.2, -0.15) is 0 Å². The number of nitrogens with one attached hydrogen (secondary N) is 1. The van der Waals surface area contributed by atoms with Crippen LogP contribution in [0, 0.1) is 5.41 Å². The molecule has 4 rings (SSSR count). The van der Waals surface area contributed by atoms with Gasteiger partial charge in [0.2, 0.25) is 0 Å². The number of methoxy groups -OCH3 is 1. The third-order valence-corrected chi connectivity index (χ3v) is 7.21. The molecule has 1 unspecified atom stereocenters. The second-order valence-corrected chi connectivity index (χ2v) is 9.32. The number of hydrogen-bond donors (Lipinski definition) is 1. The maximum atomic E-state index is 6.39. The van der Waals surface area contributed by atoms with Crippen LogP contribution >= 0.6 is 35.6 Å². The normalized spacial score (nSPS) is 25.5. The Balaban J connectivity index is 0.00000272. The van der Waals surface area contributed by atoms with Gasteiger partial charge in [-0.15, -0.1) is 24.0 Å². The zero-order chi connectivity index (χ0) is 21.0. The quantitative estimate of drug-likeness (QED) is 0.332. The Hall–Kier alpha value is -0.770. The van der Waals surface area contributed by atoms with Gasteiger partial charge in [0.1, 0.15) is 5.75 Å². The number of rotatable bonds is 5. The smallest absolute Gasteiger partial charge is 0.193 e. The van der Waals surface area contributed by atoms with E-state index in [4.69, 9.17) is 30.8 Å². The number of likely N-dealkylation sites (tertiary alicyclic amines) is 1. The Bertz CT molecular complexity index is 764. The zero-order valence-corrected chi connectivity index (χ0v) is 21.7. The molecule has 0 radical (unpaired) electrons. The van der Waals surface area contributed by atoms with Crippen molar-refractivity contribution in [2.45, 2.75) is 38.0 Å². The van der Waals surface area contributed by atoms with Gasteiger partial charge in [0.15, 0.2) is 5.96 Å². The van der Waals surface area contributed by atoms with E-state index >= 15 is 0 Å². The van der Waals surface area contributed by atoms with Gasteiger partial charge in [0.25, 0.3) is 0 Å². The first-order valence-electron chi connectivity index (χ1n) is 11.1. The molecule has 8 heteroatoms. The molecular formula is C23H35ClIN3O3. The van der Waals surface area contributed by atoms with Gasteiger partial charge in [0, 0.05) is 60.9 Å². The summed E-state index contributed by atoms with van der Waals surface area (Å²) in [6.07, 6.45) is 4.15. The molecule has 0 bridgehead atoms. The van der Waals surface area contributed by atoms with E-state index < -0.39 is 0 Å². The fourth-order valence-electron chi connectivity index (χ4n) is 5.11. The molecule has 3 saturated heterocycles. The summed E-state index contributed by atoms with van der Waals surface area (Å²) in [5.41, 5.74) is 1.31. The fourth-order valence-corrected chi connectivity index (χ4v) is 5.28. The Labute approximate surface area is 208 Å². The summed E-state index contributed by atoms with van der Waals surface area (Å²) >= 11 is 6.39. The van der Waals surface area contributed by atoms with E-state index in [1.54, 1.807) is 7.11 Å². The Kier molecular flexibility index (Phi) is 8.74. The number of nitrogens with zero attached hydrogens (tertiary/aromatic N) is 2. The van der Waals surface area contributed by atoms with Crippen LogP contribution in [0.25, 0.3) is 0 Å². The average Bonchev–Trinajstić information content (AvgIpc) is 3.41. The number of guanidine groups is 1. The molecule has 0 amide bonds. The molecule has 31 heavy (non-hydrogen) atoms. The lowest BCUT2D eigenvalue weighted by molar-refractivity contribution is 0.0522. The molecule has 1 atom stereocenters. The van der Waals surface area contributed by atoms with Crippen molar-refractivity contribution in [1.29, 1.82) is 0 Å². The Morgan fingerprint density at radius 2 is 1.97 bits per heavy atom. The van der Waals surface area contributed by atoms with Crippen LogP contribution in [0.3, 0.4) is 0 Å². The van der Waals surface area contributed by atoms with E-state index in [0.29, 0.717) is 12.0 Å². The number of halogens is 2. The van der Waals surface area contributed by atoms with E-state index in [2.05, 4.69) is 23.2 Å². The molecule has 6 nitrogen and oxygen atoms in total. The fraction of sp³-hybridized carbons (Fsp3) is 0.696. The third-order valence-electron chi connectivity index (χ3n) is 6.97. The molecule has 3 aliphatic rings. The van der Waals surface area contributed by atoms with E-state index in [0.717, 1.165) is 87.6 Å². The number of hydrogen-bond acceptors (Lipinski definition) is 4. The van der Waals surface area contributed by atoms with Gasteiger partial charge in [-0.25, -0.2) is 0 Å². The lowest BCUT2D eigenvalue weighted by atomic mass is 9.73. The summed E-state index contributed by atoms with van der Waals surface area (Å²) < 4.78 is 17.1. The van der Waals surface area contributed by atoms with E-state index in [-0.39, 0.29) is 29.4 Å². The first-order valence-corrected chi connectivity index (χ1v) is 11.5. The predicted molar refractivity (Wildman–Crippen MR) is 135 cm³/mol. The van der Waals surface area contributed by atoms with Gasteiger partial charge in [-0.1, -0.05) is 11.6 Å². The van der Waals surface area contributed by atoms with Crippen LogP contribution < -0.4 is 10.1 Å². The number of ether oxygens (including phenoxy) is 3. The first kappa shape index (κ1) is 24.9. The molecule has 0 aliphatic carbocycles. The second-order valence-electron chi connectivity index (χ2n) is 8.88. The van der Waals surface area contributed by atoms with Crippen molar-refractivity contribution in [1.82, 2.24) is 10.2 Å². The monoisotopic (exact) mass is 563 g/mol. The average molecular weight is 564 g/mol. The van der Waals surface area contributed by atoms with Gasteiger partial charge >= 0.3 is 0 Å². The highest BCUT2D eigenvalue weighted by Gasteiger charge is 2.43. The molecule has 174 valence electrons. The van der Waals surface area contributed by atoms with E-state index in [1.165, 1.54) is 6.42 Å². The molecule has 1 aromatic carbocycles. The van der Waals surface area contributed by atoms with E-state index in [1.807, 2.05) is 12.1 Å². The largest absolute Gasteiger partial charge is 0.496 e. The van der Waals surface area contributed by atoms with Crippen LogP contribution in [-0.2, 0) is 14.9 Å². The molecule has 1 aromatic rings. The summed E-state index contributed by atoms with van der Waals surface area (Å²) in [6, 6.07) is 5.90. The second kappa shape index (κ2) is 10.9. The van der Waals surface area contributed by atoms with Crippen LogP contribution in [0.4, 0.5) is 0 Å². The summed E-state index contributed by atoms with van der Waals surface area (Å²) in [7, 11) is 1.72. The first-order chi connectivity index (χ1) is 14.6. The van der Waals surface area contributed by atoms with Gasteiger partial charge < -0.3 is 24.4 Å². The summed E-state index contributed by atoms with van der Waals surface area (Å²) in [4.78, 5) is 7.58. The Morgan fingerprint density at radius 1 is 1.19 bits per heavy atom. The number of benzene rings is 1. The minimum absolute atomic E-state index is 0. The molecular weight excluding hydrogens is 529 g/mol. The van der Waals surface area contributed by atoms with Crippen molar-refractivity contribution in [3.8, 4) is 5.75 Å². The third kappa shape index (κ3) is 5.42. The van der Waals surface area contributed by atoms with Gasteiger partial charge in [-0.3, -0.25) is 4.99 Å². The van der Waals surface area contributed by atoms with Crippen LogP contribution in [0.5, 0.6) is 5.75 Å². The highest BCUT2D eigenvalue weighted by Crippen LogP contribution is 2.42. The maximum Gasteiger partial charge on any atom is 0.193 e. The van der Waals surface area contributed by atoms with Gasteiger partial charge in [0.05, 0.1) is 20.3 Å². The molecule has 1 N–H and O–H groups in total. The van der Waals surface area contributed by atoms with Crippen molar-refractivity contribution in [2.24, 2.45) is 10.4 Å². The van der Waals surface area contributed by atoms with Crippen LogP contribution in [0.1, 0.15) is 38.2 Å². The molecule has 3 heterocycles. The van der Waals surface area contributed by atoms with Crippen molar-refractivity contribution in [3.63, 3.8) is 0 Å². The minimum Gasteiger partial charge on any atom is -0.496 e. The summed E-state index contributed by atoms with van der Waals surface area (Å²) in [5, 5.41) is 4.26. The minimum atomic E-state index is -0.136. The zero-order valence-electron chi connectivity index (χ0n) is 18.6. The van der Waals surface area contributed by atoms with Crippen LogP contribution in [-0.4, -0.2) is 70.6 Å². The van der Waals surface area contributed by atoms with Crippen LogP contribution in [0.2, 0.25) is 5.02 Å². The highest BCUT2D eigenvalue weighted by molar-refractivity contribution is 14.0. The summed E-state index contributed by atoms with van der Waals surface area (Å²) in [6.45, 7) is 8.96. The lowest BCUT2D eigenvalue weighted by Gasteiger charge is -2.38. The van der Waals surface area contributed by atoms with Crippen molar-refractivity contribution < 1.29 is 14.2 Å². The molecule has 0 saturated carbocycles. The Morgan fingerprint density at radius 3 is 2.65 bits per heavy atom. The van der Waals surface area contributed by atoms with Gasteiger partial charge in [-0.05, 0) is 50.8 Å². The standard InChI is InChI=1S/C23H34ClN3O3.HI/c1-3-25-21(27-10-6-22(16-27)7-11-30-17-22)26-15-23(8-12-29-13-9-23)19-14-18(24)4-5-20(19)28-2;/h4-5,14H,3,6-13,15-17H2,1-2H3,(H,25,26);1H. The van der Waals surface area contributed by atoms with Crippen LogP contribution in [0.15, 0.2) is 23.2 Å². The SMILES string of the molecule is CCNC(=NCC1(c2cc(Cl)ccc2OC)CCOCC1)N1CCC2(CCOC2)C1.I. The highest BCUT2D eigenvalue weighted by atomic mass is 127.